The zero-order valence-electron chi connectivity index (χ0n) is 8.58. The molecule has 0 bridgehead atoms. The van der Waals surface area contributed by atoms with Crippen molar-refractivity contribution < 1.29 is 25.2 Å². The van der Waals surface area contributed by atoms with Gasteiger partial charge in [-0.1, -0.05) is 0 Å². The van der Waals surface area contributed by atoms with E-state index in [1.807, 2.05) is 17.1 Å². The SMILES string of the molecule is C[As+](C)(C)CC(O)C(O)C(O)C(=O)O. The Labute approximate surface area is 85.8 Å². The molecule has 0 rings (SSSR count). The molecule has 0 aliphatic heterocycles. The topological polar surface area (TPSA) is 98.0 Å². The van der Waals surface area contributed by atoms with Crippen molar-refractivity contribution in [3.63, 3.8) is 0 Å². The van der Waals surface area contributed by atoms with Crippen molar-refractivity contribution in [3.8, 4) is 0 Å². The van der Waals surface area contributed by atoms with E-state index < -0.39 is 37.8 Å². The molecule has 0 fully saturated rings. The van der Waals surface area contributed by atoms with Crippen molar-refractivity contribution in [2.24, 2.45) is 0 Å². The molecular weight excluding hydrogens is 251 g/mol. The van der Waals surface area contributed by atoms with E-state index in [0.717, 1.165) is 0 Å². The van der Waals surface area contributed by atoms with Crippen LogP contribution in [0.25, 0.3) is 0 Å². The average Bonchev–Trinajstić information content (AvgIpc) is 1.98. The van der Waals surface area contributed by atoms with Crippen molar-refractivity contribution in [2.75, 3.05) is 0 Å². The van der Waals surface area contributed by atoms with Crippen LogP contribution in [0.5, 0.6) is 0 Å². The van der Waals surface area contributed by atoms with E-state index in [2.05, 4.69) is 0 Å². The summed E-state index contributed by atoms with van der Waals surface area (Å²) >= 11 is -1.90. The van der Waals surface area contributed by atoms with Crippen molar-refractivity contribution in [2.45, 2.75) is 40.7 Å². The molecule has 6 heteroatoms. The molecule has 0 aromatic carbocycles. The van der Waals surface area contributed by atoms with Crippen LogP contribution in [0, 0.1) is 0 Å². The summed E-state index contributed by atoms with van der Waals surface area (Å²) in [6, 6.07) is 0. The van der Waals surface area contributed by atoms with Crippen LogP contribution < -0.4 is 0 Å². The molecule has 0 saturated carbocycles. The van der Waals surface area contributed by atoms with Gasteiger partial charge in [-0.2, -0.15) is 0 Å². The molecule has 0 heterocycles. The molecule has 3 atom stereocenters. The summed E-state index contributed by atoms with van der Waals surface area (Å²) in [6.07, 6.45) is -4.67. The fourth-order valence-electron chi connectivity index (χ4n) is 1.03. The van der Waals surface area contributed by atoms with Gasteiger partial charge in [-0.25, -0.2) is 0 Å². The number of aliphatic hydroxyl groups excluding tert-OH is 3. The van der Waals surface area contributed by atoms with Crippen molar-refractivity contribution >= 4 is 19.5 Å². The van der Waals surface area contributed by atoms with E-state index in [9.17, 15) is 15.0 Å². The zero-order valence-corrected chi connectivity index (χ0v) is 10.5. The molecule has 0 aliphatic carbocycles. The zero-order chi connectivity index (χ0) is 11.5. The van der Waals surface area contributed by atoms with Gasteiger partial charge in [-0.3, -0.25) is 0 Å². The maximum atomic E-state index is 10.3. The van der Waals surface area contributed by atoms with E-state index in [4.69, 9.17) is 10.2 Å². The quantitative estimate of drug-likeness (QED) is 0.504. The first kappa shape index (κ1) is 13.9. The van der Waals surface area contributed by atoms with Crippen LogP contribution in [0.3, 0.4) is 0 Å². The Hall–Kier alpha value is -0.0916. The van der Waals surface area contributed by atoms with Crippen LogP contribution >= 0.6 is 0 Å². The van der Waals surface area contributed by atoms with E-state index in [1.165, 1.54) is 0 Å². The van der Waals surface area contributed by atoms with Crippen molar-refractivity contribution in [1.82, 2.24) is 0 Å². The summed E-state index contributed by atoms with van der Waals surface area (Å²) in [5.74, 6) is -1.52. The summed E-state index contributed by atoms with van der Waals surface area (Å²) in [5.41, 5.74) is 6.05. The molecule has 0 aromatic heterocycles. The average molecular weight is 269 g/mol. The Morgan fingerprint density at radius 1 is 1.21 bits per heavy atom. The Morgan fingerprint density at radius 3 is 1.93 bits per heavy atom. The van der Waals surface area contributed by atoms with E-state index >= 15 is 0 Å². The maximum absolute atomic E-state index is 10.3. The third-order valence-electron chi connectivity index (χ3n) is 1.71. The fourth-order valence-corrected chi connectivity index (χ4v) is 3.83. The first-order chi connectivity index (χ1) is 6.15. The second-order valence-electron chi connectivity index (χ2n) is 4.31. The Kier molecular flexibility index (Phi) is 5.09. The molecule has 0 aliphatic rings. The Balaban J connectivity index is 4.25. The number of aliphatic carboxylic acids is 1. The molecular formula is C8H18AsO5+. The van der Waals surface area contributed by atoms with Crippen LogP contribution in [0.15, 0.2) is 0 Å². The Morgan fingerprint density at radius 2 is 1.64 bits per heavy atom. The minimum absolute atomic E-state index is 0.393. The molecule has 4 N–H and O–H groups in total. The second kappa shape index (κ2) is 5.12. The van der Waals surface area contributed by atoms with Gasteiger partial charge in [0.05, 0.1) is 0 Å². The first-order valence-corrected chi connectivity index (χ1v) is 11.2. The number of carbonyl (C=O) groups is 1. The third kappa shape index (κ3) is 4.96. The third-order valence-corrected chi connectivity index (χ3v) is 4.79. The van der Waals surface area contributed by atoms with Crippen LogP contribution in [0.2, 0.25) is 22.3 Å². The minimum atomic E-state index is -1.91. The van der Waals surface area contributed by atoms with Crippen LogP contribution in [0.1, 0.15) is 0 Å². The predicted octanol–water partition coefficient (Wildman–Crippen LogP) is -0.508. The van der Waals surface area contributed by atoms with Gasteiger partial charge < -0.3 is 0 Å². The molecule has 0 radical (unpaired) electrons. The van der Waals surface area contributed by atoms with Gasteiger partial charge in [-0.15, -0.1) is 0 Å². The van der Waals surface area contributed by atoms with Gasteiger partial charge in [0.25, 0.3) is 0 Å². The molecule has 3 unspecified atom stereocenters. The van der Waals surface area contributed by atoms with Crippen molar-refractivity contribution in [1.29, 1.82) is 0 Å². The predicted molar refractivity (Wildman–Crippen MR) is 53.8 cm³/mol. The summed E-state index contributed by atoms with van der Waals surface area (Å²) in [7, 11) is 0. The molecule has 0 amide bonds. The summed E-state index contributed by atoms with van der Waals surface area (Å²) in [5, 5.41) is 36.5. The number of aliphatic hydroxyl groups is 3. The Bertz CT molecular complexity index is 200. The molecule has 14 heavy (non-hydrogen) atoms. The summed E-state index contributed by atoms with van der Waals surface area (Å²) in [4.78, 5) is 10.3. The van der Waals surface area contributed by atoms with Gasteiger partial charge >= 0.3 is 85.4 Å². The van der Waals surface area contributed by atoms with Gasteiger partial charge in [-0.05, 0) is 0 Å². The number of hydrogen-bond donors (Lipinski definition) is 4. The second-order valence-corrected chi connectivity index (χ2v) is 14.7. The molecule has 5 nitrogen and oxygen atoms in total. The van der Waals surface area contributed by atoms with Crippen molar-refractivity contribution in [3.05, 3.63) is 0 Å². The molecule has 84 valence electrons. The number of carboxylic acid groups (broad SMARTS) is 1. The van der Waals surface area contributed by atoms with Crippen LogP contribution in [0.4, 0.5) is 0 Å². The molecule has 0 spiro atoms. The van der Waals surface area contributed by atoms with Gasteiger partial charge in [0.15, 0.2) is 0 Å². The fraction of sp³-hybridized carbons (Fsp3) is 0.875. The number of rotatable bonds is 5. The summed E-state index contributed by atoms with van der Waals surface area (Å²) < 4.78 is 0. The molecule has 0 saturated heterocycles. The summed E-state index contributed by atoms with van der Waals surface area (Å²) in [6.45, 7) is 0. The van der Waals surface area contributed by atoms with Crippen LogP contribution in [-0.4, -0.2) is 58.3 Å². The van der Waals surface area contributed by atoms with Gasteiger partial charge in [0, 0.05) is 0 Å². The van der Waals surface area contributed by atoms with E-state index in [0.29, 0.717) is 5.21 Å². The van der Waals surface area contributed by atoms with Crippen LogP contribution in [-0.2, 0) is 4.79 Å². The standard InChI is InChI=1S/C8H17AsO5/c1-9(2,3)4-5(10)6(11)7(12)8(13)14/h5-7,10-12H,4H2,1-3H3/p+1. The van der Waals surface area contributed by atoms with E-state index in [-0.39, 0.29) is 0 Å². The first-order valence-electron chi connectivity index (χ1n) is 4.22. The monoisotopic (exact) mass is 269 g/mol. The van der Waals surface area contributed by atoms with Gasteiger partial charge in [0.2, 0.25) is 0 Å². The normalized spacial score (nSPS) is 18.7. The number of carboxylic acids is 1. The van der Waals surface area contributed by atoms with Gasteiger partial charge in [0.1, 0.15) is 0 Å². The van der Waals surface area contributed by atoms with E-state index in [1.54, 1.807) is 0 Å². The molecule has 0 aromatic rings. The number of hydrogen-bond acceptors (Lipinski definition) is 4.